The van der Waals surface area contributed by atoms with Gasteiger partial charge in [0, 0.05) is 34.1 Å². The lowest BCUT2D eigenvalue weighted by molar-refractivity contribution is 0.356. The van der Waals surface area contributed by atoms with Crippen molar-refractivity contribution in [2.24, 2.45) is 0 Å². The molecule has 1 N–H and O–H groups in total. The number of nitrogens with zero attached hydrogens (tertiary/aromatic N) is 1. The van der Waals surface area contributed by atoms with Crippen molar-refractivity contribution in [2.75, 3.05) is 21.3 Å². The molecule has 6 nitrogen and oxygen atoms in total. The quantitative estimate of drug-likeness (QED) is 0.399. The van der Waals surface area contributed by atoms with Gasteiger partial charge in [0.25, 0.3) is 5.56 Å². The molecule has 33 heavy (non-hydrogen) atoms. The second-order valence-corrected chi connectivity index (χ2v) is 7.89. The molecule has 0 aliphatic rings. The number of aromatic amines is 1. The third-order valence-corrected chi connectivity index (χ3v) is 5.87. The van der Waals surface area contributed by atoms with Crippen molar-refractivity contribution < 1.29 is 14.2 Å². The summed E-state index contributed by atoms with van der Waals surface area (Å²) in [6, 6.07) is 11.8. The average molecular weight is 449 g/mol. The molecule has 0 radical (unpaired) electrons. The Labute approximate surface area is 194 Å². The van der Waals surface area contributed by atoms with E-state index in [1.165, 1.54) is 0 Å². The molecule has 0 amide bonds. The Balaban J connectivity index is 0.00000306. The predicted molar refractivity (Wildman–Crippen MR) is 134 cm³/mol. The number of methoxy groups -OCH3 is 3. The van der Waals surface area contributed by atoms with Crippen molar-refractivity contribution in [1.29, 1.82) is 0 Å². The summed E-state index contributed by atoms with van der Waals surface area (Å²) in [6.07, 6.45) is 2.28. The van der Waals surface area contributed by atoms with Gasteiger partial charge in [0.05, 0.1) is 26.8 Å². The Morgan fingerprint density at radius 3 is 2.27 bits per heavy atom. The number of fused-ring (bicyclic) bond motifs is 2. The first-order valence-electron chi connectivity index (χ1n) is 10.7. The first-order chi connectivity index (χ1) is 15.5. The fourth-order valence-corrected chi connectivity index (χ4v) is 4.21. The van der Waals surface area contributed by atoms with E-state index in [0.717, 1.165) is 57.2 Å². The van der Waals surface area contributed by atoms with Gasteiger partial charge in [-0.3, -0.25) is 9.78 Å². The number of ether oxygens (including phenoxy) is 3. The van der Waals surface area contributed by atoms with Crippen LogP contribution in [0.15, 0.2) is 41.2 Å². The van der Waals surface area contributed by atoms with Crippen LogP contribution in [-0.4, -0.2) is 31.3 Å². The minimum Gasteiger partial charge on any atom is -0.497 e. The maximum Gasteiger partial charge on any atom is 0.252 e. The number of aromatic nitrogens is 2. The van der Waals surface area contributed by atoms with E-state index < -0.39 is 0 Å². The minimum absolute atomic E-state index is 0. The van der Waals surface area contributed by atoms with Crippen molar-refractivity contribution in [2.45, 2.75) is 40.5 Å². The van der Waals surface area contributed by atoms with Crippen LogP contribution in [0, 0.1) is 6.92 Å². The summed E-state index contributed by atoms with van der Waals surface area (Å²) in [4.78, 5) is 21.0. The highest BCUT2D eigenvalue weighted by molar-refractivity contribution is 5.91. The fourth-order valence-electron chi connectivity index (χ4n) is 4.21. The van der Waals surface area contributed by atoms with Crippen LogP contribution in [-0.2, 0) is 12.8 Å². The number of hydrogen-bond acceptors (Lipinski definition) is 5. The van der Waals surface area contributed by atoms with Gasteiger partial charge in [0.1, 0.15) is 5.75 Å². The van der Waals surface area contributed by atoms with E-state index in [4.69, 9.17) is 19.2 Å². The lowest BCUT2D eigenvalue weighted by Crippen LogP contribution is -2.16. The monoisotopic (exact) mass is 448 g/mol. The second kappa shape index (κ2) is 9.94. The molecule has 2 aromatic carbocycles. The summed E-state index contributed by atoms with van der Waals surface area (Å²) in [7, 11) is 4.86. The molecular formula is C27H32N2O4. The third-order valence-electron chi connectivity index (χ3n) is 5.87. The van der Waals surface area contributed by atoms with Gasteiger partial charge in [0.15, 0.2) is 11.5 Å². The van der Waals surface area contributed by atoms with E-state index in [1.807, 2.05) is 37.3 Å². The summed E-state index contributed by atoms with van der Waals surface area (Å²) >= 11 is 0. The van der Waals surface area contributed by atoms with E-state index >= 15 is 0 Å². The van der Waals surface area contributed by atoms with Gasteiger partial charge in [-0.15, -0.1) is 0 Å². The Morgan fingerprint density at radius 1 is 0.939 bits per heavy atom. The molecule has 2 aromatic heterocycles. The van der Waals surface area contributed by atoms with Gasteiger partial charge in [-0.2, -0.15) is 0 Å². The zero-order valence-electron chi connectivity index (χ0n) is 19.2. The molecule has 0 spiro atoms. The molecule has 0 aliphatic carbocycles. The second-order valence-electron chi connectivity index (χ2n) is 7.89. The Bertz CT molecular complexity index is 1360. The van der Waals surface area contributed by atoms with Gasteiger partial charge in [-0.1, -0.05) is 20.8 Å². The molecule has 0 saturated heterocycles. The largest absolute Gasteiger partial charge is 0.497 e. The first kappa shape index (κ1) is 24.1. The van der Waals surface area contributed by atoms with Crippen molar-refractivity contribution in [3.8, 4) is 17.2 Å². The summed E-state index contributed by atoms with van der Waals surface area (Å²) in [5.74, 6) is 2.01. The predicted octanol–water partition coefficient (Wildman–Crippen LogP) is 5.59. The highest BCUT2D eigenvalue weighted by Gasteiger charge is 2.17. The lowest BCUT2D eigenvalue weighted by Gasteiger charge is -2.15. The summed E-state index contributed by atoms with van der Waals surface area (Å²) in [6.45, 7) is 4.03. The molecule has 2 heterocycles. The molecule has 0 bridgehead atoms. The summed E-state index contributed by atoms with van der Waals surface area (Å²) in [5, 5.41) is 2.79. The SMILES string of the molecule is C.CCCc1nc2ccc(OC)cc2cc1Cc1c(=O)[nH]c(C)c2cc(OC)c(OC)cc12. The Kier molecular flexibility index (Phi) is 7.26. The third kappa shape index (κ3) is 4.51. The van der Waals surface area contributed by atoms with E-state index in [1.54, 1.807) is 21.3 Å². The van der Waals surface area contributed by atoms with Crippen molar-refractivity contribution >= 4 is 21.7 Å². The number of benzene rings is 2. The normalized spacial score (nSPS) is 10.8. The maximum absolute atomic E-state index is 13.1. The highest BCUT2D eigenvalue weighted by Crippen LogP contribution is 2.34. The fraction of sp³-hybridized carbons (Fsp3) is 0.333. The van der Waals surface area contributed by atoms with Crippen LogP contribution >= 0.6 is 0 Å². The van der Waals surface area contributed by atoms with Crippen LogP contribution < -0.4 is 19.8 Å². The van der Waals surface area contributed by atoms with Gasteiger partial charge in [-0.05, 0) is 60.7 Å². The average Bonchev–Trinajstić information content (AvgIpc) is 2.80. The van der Waals surface area contributed by atoms with Gasteiger partial charge in [0.2, 0.25) is 0 Å². The number of nitrogens with one attached hydrogen (secondary N) is 1. The zero-order chi connectivity index (χ0) is 22.8. The number of hydrogen-bond donors (Lipinski definition) is 1. The number of H-pyrrole nitrogens is 1. The molecule has 4 rings (SSSR count). The van der Waals surface area contributed by atoms with Crippen LogP contribution in [0.4, 0.5) is 0 Å². The van der Waals surface area contributed by atoms with Crippen LogP contribution in [0.2, 0.25) is 0 Å². The molecule has 0 aliphatic heterocycles. The highest BCUT2D eigenvalue weighted by atomic mass is 16.5. The molecule has 6 heteroatoms. The summed E-state index contributed by atoms with van der Waals surface area (Å²) < 4.78 is 16.4. The van der Waals surface area contributed by atoms with E-state index in [2.05, 4.69) is 18.0 Å². The van der Waals surface area contributed by atoms with E-state index in [9.17, 15) is 4.79 Å². The Hall–Kier alpha value is -3.54. The van der Waals surface area contributed by atoms with Crippen LogP contribution in [0.1, 0.15) is 43.3 Å². The van der Waals surface area contributed by atoms with Crippen molar-refractivity contribution in [3.63, 3.8) is 0 Å². The minimum atomic E-state index is -0.101. The molecule has 4 aromatic rings. The smallest absolute Gasteiger partial charge is 0.252 e. The van der Waals surface area contributed by atoms with Crippen LogP contribution in [0.3, 0.4) is 0 Å². The Morgan fingerprint density at radius 2 is 1.64 bits per heavy atom. The molecule has 0 fully saturated rings. The lowest BCUT2D eigenvalue weighted by atomic mass is 9.95. The van der Waals surface area contributed by atoms with Crippen LogP contribution in [0.25, 0.3) is 21.7 Å². The number of aryl methyl sites for hydroxylation is 2. The van der Waals surface area contributed by atoms with E-state index in [0.29, 0.717) is 23.5 Å². The standard InChI is InChI=1S/C26H28N2O4.CH4/c1-6-7-22-17(10-16-11-18(30-3)8-9-23(16)28-22)12-21-20-14-25(32-5)24(31-4)13-19(20)15(2)27-26(21)29;/h8-11,13-14H,6-7,12H2,1-5H3,(H,27,29);1H4. The van der Waals surface area contributed by atoms with E-state index in [-0.39, 0.29) is 13.0 Å². The molecule has 0 saturated carbocycles. The molecule has 174 valence electrons. The molecule has 0 atom stereocenters. The van der Waals surface area contributed by atoms with Gasteiger partial charge < -0.3 is 19.2 Å². The van der Waals surface area contributed by atoms with Gasteiger partial charge >= 0.3 is 0 Å². The first-order valence-corrected chi connectivity index (χ1v) is 10.7. The van der Waals surface area contributed by atoms with Crippen molar-refractivity contribution in [1.82, 2.24) is 9.97 Å². The zero-order valence-corrected chi connectivity index (χ0v) is 19.2. The topological polar surface area (TPSA) is 73.4 Å². The van der Waals surface area contributed by atoms with Gasteiger partial charge in [-0.25, -0.2) is 0 Å². The number of pyridine rings is 2. The summed E-state index contributed by atoms with van der Waals surface area (Å²) in [5.41, 5.74) is 4.36. The van der Waals surface area contributed by atoms with Crippen molar-refractivity contribution in [3.05, 3.63) is 69.3 Å². The van der Waals surface area contributed by atoms with Crippen LogP contribution in [0.5, 0.6) is 17.2 Å². The molecular weight excluding hydrogens is 416 g/mol. The maximum atomic E-state index is 13.1. The number of rotatable bonds is 7. The molecule has 0 unspecified atom stereocenters.